The Kier molecular flexibility index (Phi) is 5.56. The minimum atomic E-state index is -0.428. The van der Waals surface area contributed by atoms with Gasteiger partial charge in [-0.15, -0.1) is 0 Å². The largest absolute Gasteiger partial charge is 0.378 e. The highest BCUT2D eigenvalue weighted by molar-refractivity contribution is 9.10. The molecule has 0 radical (unpaired) electrons. The molecule has 0 aliphatic heterocycles. The molecule has 5 heteroatoms. The smallest absolute Gasteiger partial charge is 0.266 e. The molecule has 1 N–H and O–H groups in total. The molecule has 2 aromatic rings. The lowest BCUT2D eigenvalue weighted by Gasteiger charge is -2.12. The van der Waals surface area contributed by atoms with E-state index in [0.717, 1.165) is 15.7 Å². The van der Waals surface area contributed by atoms with Crippen molar-refractivity contribution in [2.24, 2.45) is 0 Å². The summed E-state index contributed by atoms with van der Waals surface area (Å²) in [6.45, 7) is 0. The van der Waals surface area contributed by atoms with Gasteiger partial charge in [0.05, 0.1) is 0 Å². The van der Waals surface area contributed by atoms with Gasteiger partial charge in [-0.3, -0.25) is 4.79 Å². The maximum Gasteiger partial charge on any atom is 0.266 e. The monoisotopic (exact) mass is 369 g/mol. The molecular formula is C18H16BrN3O. The Balaban J connectivity index is 2.18. The highest BCUT2D eigenvalue weighted by Crippen LogP contribution is 2.18. The molecule has 0 atom stereocenters. The fraction of sp³-hybridized carbons (Fsp3) is 0.111. The summed E-state index contributed by atoms with van der Waals surface area (Å²) in [5.74, 6) is -0.428. The summed E-state index contributed by atoms with van der Waals surface area (Å²) in [6, 6.07) is 16.8. The Labute approximate surface area is 144 Å². The average molecular weight is 370 g/mol. The van der Waals surface area contributed by atoms with E-state index in [1.54, 1.807) is 18.2 Å². The zero-order chi connectivity index (χ0) is 16.8. The molecule has 0 saturated carbocycles. The standard InChI is InChI=1S/C18H16BrN3O/c1-22(2)17-8-6-13(7-9-17)10-14(12-20)18(23)21-16-5-3-4-15(19)11-16/h3-11H,1-2H3,(H,21,23)/b14-10-. The first-order valence-electron chi connectivity index (χ1n) is 6.95. The van der Waals surface area contributed by atoms with Crippen LogP contribution in [0, 0.1) is 11.3 Å². The first kappa shape index (κ1) is 16.8. The summed E-state index contributed by atoms with van der Waals surface area (Å²) in [4.78, 5) is 14.2. The molecule has 2 rings (SSSR count). The molecule has 0 bridgehead atoms. The van der Waals surface area contributed by atoms with Crippen molar-refractivity contribution in [2.45, 2.75) is 0 Å². The zero-order valence-electron chi connectivity index (χ0n) is 12.9. The maximum atomic E-state index is 12.2. The predicted octanol–water partition coefficient (Wildman–Crippen LogP) is 4.06. The van der Waals surface area contributed by atoms with E-state index in [2.05, 4.69) is 21.2 Å². The van der Waals surface area contributed by atoms with Gasteiger partial charge in [0.15, 0.2) is 0 Å². The SMILES string of the molecule is CN(C)c1ccc(/C=C(/C#N)C(=O)Nc2cccc(Br)c2)cc1. The van der Waals surface area contributed by atoms with Crippen LogP contribution in [-0.4, -0.2) is 20.0 Å². The van der Waals surface area contributed by atoms with E-state index in [4.69, 9.17) is 0 Å². The van der Waals surface area contributed by atoms with Crippen LogP contribution in [0.4, 0.5) is 11.4 Å². The molecule has 0 unspecified atom stereocenters. The van der Waals surface area contributed by atoms with Crippen LogP contribution in [-0.2, 0) is 4.79 Å². The third-order valence-corrected chi connectivity index (χ3v) is 3.66. The van der Waals surface area contributed by atoms with Crippen LogP contribution in [0.5, 0.6) is 0 Å². The van der Waals surface area contributed by atoms with Crippen molar-refractivity contribution < 1.29 is 4.79 Å². The van der Waals surface area contributed by atoms with Gasteiger partial charge in [0, 0.05) is 29.9 Å². The normalized spacial score (nSPS) is 10.8. The summed E-state index contributed by atoms with van der Waals surface area (Å²) in [6.07, 6.45) is 1.58. The fourth-order valence-electron chi connectivity index (χ4n) is 1.95. The molecular weight excluding hydrogens is 354 g/mol. The van der Waals surface area contributed by atoms with Crippen molar-refractivity contribution in [1.29, 1.82) is 5.26 Å². The lowest BCUT2D eigenvalue weighted by molar-refractivity contribution is -0.112. The van der Waals surface area contributed by atoms with Crippen LogP contribution < -0.4 is 10.2 Å². The van der Waals surface area contributed by atoms with Crippen LogP contribution in [0.1, 0.15) is 5.56 Å². The van der Waals surface area contributed by atoms with Gasteiger partial charge in [0.25, 0.3) is 5.91 Å². The van der Waals surface area contributed by atoms with Crippen LogP contribution in [0.15, 0.2) is 58.6 Å². The topological polar surface area (TPSA) is 56.1 Å². The first-order valence-corrected chi connectivity index (χ1v) is 7.75. The number of carbonyl (C=O) groups excluding carboxylic acids is 1. The number of rotatable bonds is 4. The molecule has 4 nitrogen and oxygen atoms in total. The number of benzene rings is 2. The third-order valence-electron chi connectivity index (χ3n) is 3.17. The lowest BCUT2D eigenvalue weighted by atomic mass is 10.1. The van der Waals surface area contributed by atoms with Crippen molar-refractivity contribution >= 4 is 39.3 Å². The van der Waals surface area contributed by atoms with E-state index >= 15 is 0 Å². The fourth-order valence-corrected chi connectivity index (χ4v) is 2.35. The van der Waals surface area contributed by atoms with E-state index in [9.17, 15) is 10.1 Å². The Morgan fingerprint density at radius 2 is 1.91 bits per heavy atom. The first-order chi connectivity index (χ1) is 11.0. The van der Waals surface area contributed by atoms with Crippen LogP contribution >= 0.6 is 15.9 Å². The molecule has 0 spiro atoms. The molecule has 0 aliphatic rings. The van der Waals surface area contributed by atoms with Crippen LogP contribution in [0.25, 0.3) is 6.08 Å². The summed E-state index contributed by atoms with van der Waals surface area (Å²) < 4.78 is 0.858. The Morgan fingerprint density at radius 3 is 2.48 bits per heavy atom. The molecule has 0 heterocycles. The Bertz CT molecular complexity index is 774. The quantitative estimate of drug-likeness (QED) is 0.652. The van der Waals surface area contributed by atoms with Gasteiger partial charge in [-0.25, -0.2) is 0 Å². The summed E-state index contributed by atoms with van der Waals surface area (Å²) in [7, 11) is 3.91. The number of nitrogens with one attached hydrogen (secondary N) is 1. The van der Waals surface area contributed by atoms with E-state index in [-0.39, 0.29) is 5.57 Å². The van der Waals surface area contributed by atoms with Crippen molar-refractivity contribution in [3.8, 4) is 6.07 Å². The second-order valence-electron chi connectivity index (χ2n) is 5.12. The number of hydrogen-bond donors (Lipinski definition) is 1. The molecule has 0 fully saturated rings. The van der Waals surface area contributed by atoms with Crippen molar-refractivity contribution in [1.82, 2.24) is 0 Å². The van der Waals surface area contributed by atoms with Crippen molar-refractivity contribution in [2.75, 3.05) is 24.3 Å². The number of nitriles is 1. The number of hydrogen-bond acceptors (Lipinski definition) is 3. The van der Waals surface area contributed by atoms with Gasteiger partial charge < -0.3 is 10.2 Å². The number of anilines is 2. The lowest BCUT2D eigenvalue weighted by Crippen LogP contribution is -2.13. The highest BCUT2D eigenvalue weighted by atomic mass is 79.9. The minimum Gasteiger partial charge on any atom is -0.378 e. The van der Waals surface area contributed by atoms with Gasteiger partial charge in [-0.2, -0.15) is 5.26 Å². The van der Waals surface area contributed by atoms with Gasteiger partial charge in [-0.05, 0) is 42.0 Å². The Hall–Kier alpha value is -2.58. The molecule has 1 amide bonds. The second kappa shape index (κ2) is 7.61. The van der Waals surface area contributed by atoms with Gasteiger partial charge in [0.2, 0.25) is 0 Å². The average Bonchev–Trinajstić information content (AvgIpc) is 2.53. The van der Waals surface area contributed by atoms with Crippen LogP contribution in [0.3, 0.4) is 0 Å². The van der Waals surface area contributed by atoms with Gasteiger partial charge in [-0.1, -0.05) is 34.1 Å². The van der Waals surface area contributed by atoms with Crippen LogP contribution in [0.2, 0.25) is 0 Å². The van der Waals surface area contributed by atoms with E-state index in [0.29, 0.717) is 5.69 Å². The summed E-state index contributed by atoms with van der Waals surface area (Å²) in [5.41, 5.74) is 2.55. The molecule has 0 saturated heterocycles. The summed E-state index contributed by atoms with van der Waals surface area (Å²) in [5, 5.41) is 12.0. The summed E-state index contributed by atoms with van der Waals surface area (Å²) >= 11 is 3.34. The number of nitrogens with zero attached hydrogens (tertiary/aromatic N) is 2. The van der Waals surface area contributed by atoms with Crippen molar-refractivity contribution in [3.63, 3.8) is 0 Å². The van der Waals surface area contributed by atoms with E-state index < -0.39 is 5.91 Å². The molecule has 116 valence electrons. The van der Waals surface area contributed by atoms with Gasteiger partial charge >= 0.3 is 0 Å². The third kappa shape index (κ3) is 4.70. The van der Waals surface area contributed by atoms with Gasteiger partial charge in [0.1, 0.15) is 11.6 Å². The predicted molar refractivity (Wildman–Crippen MR) is 97.1 cm³/mol. The molecule has 0 aromatic heterocycles. The van der Waals surface area contributed by atoms with Crippen molar-refractivity contribution in [3.05, 3.63) is 64.1 Å². The molecule has 0 aliphatic carbocycles. The van der Waals surface area contributed by atoms with E-state index in [1.807, 2.05) is 61.5 Å². The molecule has 23 heavy (non-hydrogen) atoms. The van der Waals surface area contributed by atoms with E-state index in [1.165, 1.54) is 0 Å². The zero-order valence-corrected chi connectivity index (χ0v) is 14.5. The maximum absolute atomic E-state index is 12.2. The minimum absolute atomic E-state index is 0.0579. The Morgan fingerprint density at radius 1 is 1.22 bits per heavy atom. The molecule has 2 aromatic carbocycles. The number of halogens is 1. The number of amides is 1. The number of carbonyl (C=O) groups is 1. The highest BCUT2D eigenvalue weighted by Gasteiger charge is 2.09. The second-order valence-corrected chi connectivity index (χ2v) is 6.04.